The quantitative estimate of drug-likeness (QED) is 0.542. The van der Waals surface area contributed by atoms with E-state index in [9.17, 15) is 9.59 Å². The average molecular weight is 424 g/mol. The molecule has 0 N–H and O–H groups in total. The summed E-state index contributed by atoms with van der Waals surface area (Å²) in [6.07, 6.45) is 1.84. The van der Waals surface area contributed by atoms with E-state index in [2.05, 4.69) is 4.99 Å². The Bertz CT molecular complexity index is 1080. The van der Waals surface area contributed by atoms with E-state index in [0.29, 0.717) is 39.4 Å². The molecule has 2 heterocycles. The minimum Gasteiger partial charge on any atom is -0.462 e. The van der Waals surface area contributed by atoms with Crippen LogP contribution in [0.3, 0.4) is 0 Å². The Morgan fingerprint density at radius 2 is 1.93 bits per heavy atom. The summed E-state index contributed by atoms with van der Waals surface area (Å²) < 4.78 is 15.8. The third-order valence-electron chi connectivity index (χ3n) is 4.65. The van der Waals surface area contributed by atoms with Crippen LogP contribution in [-0.2, 0) is 9.53 Å². The summed E-state index contributed by atoms with van der Waals surface area (Å²) >= 11 is 1.30. The molecule has 2 aromatic carbocycles. The fourth-order valence-corrected chi connectivity index (χ4v) is 3.98. The van der Waals surface area contributed by atoms with Crippen LogP contribution in [0.2, 0.25) is 0 Å². The van der Waals surface area contributed by atoms with Crippen LogP contribution in [0.15, 0.2) is 46.3 Å². The second-order valence-corrected chi connectivity index (χ2v) is 7.71. The first-order valence-corrected chi connectivity index (χ1v) is 10.2. The summed E-state index contributed by atoms with van der Waals surface area (Å²) in [4.78, 5) is 31.1. The molecular formula is C22H20N2O5S. The Hall–Kier alpha value is -3.26. The van der Waals surface area contributed by atoms with Gasteiger partial charge in [-0.15, -0.1) is 0 Å². The summed E-state index contributed by atoms with van der Waals surface area (Å²) in [5.41, 5.74) is 2.99. The average Bonchev–Trinajstić information content (AvgIpc) is 3.28. The predicted molar refractivity (Wildman–Crippen MR) is 115 cm³/mol. The molecule has 0 aromatic heterocycles. The largest absolute Gasteiger partial charge is 0.462 e. The Labute approximate surface area is 178 Å². The number of hydrogen-bond acceptors (Lipinski definition) is 7. The van der Waals surface area contributed by atoms with Crippen molar-refractivity contribution in [1.82, 2.24) is 4.90 Å². The summed E-state index contributed by atoms with van der Waals surface area (Å²) in [6, 6.07) is 10.5. The van der Waals surface area contributed by atoms with Crippen molar-refractivity contribution in [2.45, 2.75) is 13.8 Å². The smallest absolute Gasteiger partial charge is 0.338 e. The molecule has 7 nitrogen and oxygen atoms in total. The maximum Gasteiger partial charge on any atom is 0.338 e. The van der Waals surface area contributed by atoms with Gasteiger partial charge in [0.1, 0.15) is 0 Å². The molecule has 30 heavy (non-hydrogen) atoms. The van der Waals surface area contributed by atoms with Crippen LogP contribution >= 0.6 is 11.8 Å². The predicted octanol–water partition coefficient (Wildman–Crippen LogP) is 4.13. The number of hydrogen-bond donors (Lipinski definition) is 0. The molecule has 0 aliphatic carbocycles. The van der Waals surface area contributed by atoms with Crippen molar-refractivity contribution in [2.24, 2.45) is 4.99 Å². The van der Waals surface area contributed by atoms with Gasteiger partial charge in [-0.2, -0.15) is 0 Å². The van der Waals surface area contributed by atoms with Crippen molar-refractivity contribution in [1.29, 1.82) is 0 Å². The zero-order valence-corrected chi connectivity index (χ0v) is 17.6. The topological polar surface area (TPSA) is 77.4 Å². The number of benzene rings is 2. The van der Waals surface area contributed by atoms with E-state index in [-0.39, 0.29) is 18.7 Å². The Balaban J connectivity index is 1.57. The van der Waals surface area contributed by atoms with E-state index in [1.54, 1.807) is 38.2 Å². The van der Waals surface area contributed by atoms with Gasteiger partial charge in [0, 0.05) is 7.05 Å². The number of fused-ring (bicyclic) bond motifs is 1. The molecule has 0 spiro atoms. The zero-order valence-electron chi connectivity index (χ0n) is 16.8. The number of esters is 1. The van der Waals surface area contributed by atoms with Crippen LogP contribution in [0.1, 0.15) is 28.4 Å². The molecule has 0 radical (unpaired) electrons. The molecule has 1 fully saturated rings. The maximum absolute atomic E-state index is 12.7. The van der Waals surface area contributed by atoms with Crippen molar-refractivity contribution in [2.75, 3.05) is 20.4 Å². The molecule has 1 amide bonds. The number of carbonyl (C=O) groups excluding carboxylic acids is 2. The van der Waals surface area contributed by atoms with Crippen LogP contribution < -0.4 is 9.47 Å². The molecule has 0 bridgehead atoms. The van der Waals surface area contributed by atoms with Gasteiger partial charge in [-0.05, 0) is 79.2 Å². The van der Waals surface area contributed by atoms with Gasteiger partial charge in [0.15, 0.2) is 16.7 Å². The number of ether oxygens (including phenoxy) is 3. The third kappa shape index (κ3) is 3.91. The molecule has 8 heteroatoms. The Kier molecular flexibility index (Phi) is 5.50. The summed E-state index contributed by atoms with van der Waals surface area (Å²) in [5.74, 6) is 0.889. The standard InChI is InChI=1S/C22H20N2O5S/c1-4-27-21(26)14-5-7-16(8-6-14)23-22-24(3)20(25)19(30-22)11-15-10-18-17(9-13(15)2)28-12-29-18/h5-11H,4,12H2,1-3H3/b19-11+,23-22?. The lowest BCUT2D eigenvalue weighted by molar-refractivity contribution is -0.121. The lowest BCUT2D eigenvalue weighted by Crippen LogP contribution is -2.23. The number of amides is 1. The lowest BCUT2D eigenvalue weighted by Gasteiger charge is -2.07. The summed E-state index contributed by atoms with van der Waals surface area (Å²) in [7, 11) is 1.69. The number of aliphatic imine (C=N–C) groups is 1. The van der Waals surface area contributed by atoms with Gasteiger partial charge < -0.3 is 14.2 Å². The normalized spacial score (nSPS) is 17.8. The molecule has 1 saturated heterocycles. The van der Waals surface area contributed by atoms with Gasteiger partial charge in [-0.1, -0.05) is 0 Å². The number of aryl methyl sites for hydroxylation is 1. The number of thioether (sulfide) groups is 1. The molecular weight excluding hydrogens is 404 g/mol. The van der Waals surface area contributed by atoms with Gasteiger partial charge in [0.25, 0.3) is 5.91 Å². The summed E-state index contributed by atoms with van der Waals surface area (Å²) in [5, 5.41) is 0.563. The maximum atomic E-state index is 12.7. The highest BCUT2D eigenvalue weighted by Gasteiger charge is 2.30. The molecule has 0 atom stereocenters. The van der Waals surface area contributed by atoms with Crippen molar-refractivity contribution < 1.29 is 23.8 Å². The Morgan fingerprint density at radius 1 is 1.23 bits per heavy atom. The lowest BCUT2D eigenvalue weighted by atomic mass is 10.1. The van der Waals surface area contributed by atoms with E-state index in [1.165, 1.54) is 16.7 Å². The summed E-state index contributed by atoms with van der Waals surface area (Å²) in [6.45, 7) is 4.25. The highest BCUT2D eigenvalue weighted by Crippen LogP contribution is 2.38. The number of carbonyl (C=O) groups is 2. The first-order valence-electron chi connectivity index (χ1n) is 9.40. The molecule has 4 rings (SSSR count). The van der Waals surface area contributed by atoms with E-state index in [4.69, 9.17) is 14.2 Å². The van der Waals surface area contributed by atoms with E-state index >= 15 is 0 Å². The number of likely N-dealkylation sites (N-methyl/N-ethyl adjacent to an activating group) is 1. The van der Waals surface area contributed by atoms with Gasteiger partial charge in [0.05, 0.1) is 22.8 Å². The molecule has 154 valence electrons. The first-order chi connectivity index (χ1) is 14.5. The van der Waals surface area contributed by atoms with E-state index < -0.39 is 0 Å². The van der Waals surface area contributed by atoms with Gasteiger partial charge in [-0.25, -0.2) is 9.79 Å². The fourth-order valence-electron chi connectivity index (χ4n) is 3.00. The second-order valence-electron chi connectivity index (χ2n) is 6.70. The fraction of sp³-hybridized carbons (Fsp3) is 0.227. The van der Waals surface area contributed by atoms with Crippen LogP contribution in [0, 0.1) is 6.92 Å². The highest BCUT2D eigenvalue weighted by atomic mass is 32.2. The van der Waals surface area contributed by atoms with Gasteiger partial charge in [-0.3, -0.25) is 9.69 Å². The van der Waals surface area contributed by atoms with Crippen molar-refractivity contribution in [3.63, 3.8) is 0 Å². The monoisotopic (exact) mass is 424 g/mol. The molecule has 2 aliphatic heterocycles. The molecule has 0 saturated carbocycles. The minimum atomic E-state index is -0.372. The van der Waals surface area contributed by atoms with Gasteiger partial charge >= 0.3 is 5.97 Å². The van der Waals surface area contributed by atoms with Gasteiger partial charge in [0.2, 0.25) is 6.79 Å². The first kappa shape index (κ1) is 20.0. The molecule has 2 aliphatic rings. The SMILES string of the molecule is CCOC(=O)c1ccc(N=C2S/C(=C/c3cc4c(cc3C)OCO4)C(=O)N2C)cc1. The third-order valence-corrected chi connectivity index (χ3v) is 5.71. The van der Waals surface area contributed by atoms with Crippen LogP contribution in [0.4, 0.5) is 5.69 Å². The number of nitrogens with zero attached hydrogens (tertiary/aromatic N) is 2. The molecule has 2 aromatic rings. The minimum absolute atomic E-state index is 0.126. The van der Waals surface area contributed by atoms with E-state index in [0.717, 1.165) is 11.1 Å². The van der Waals surface area contributed by atoms with Crippen molar-refractivity contribution >= 4 is 40.6 Å². The van der Waals surface area contributed by atoms with Crippen molar-refractivity contribution in [3.05, 3.63) is 58.0 Å². The van der Waals surface area contributed by atoms with Crippen LogP contribution in [0.5, 0.6) is 11.5 Å². The van der Waals surface area contributed by atoms with E-state index in [1.807, 2.05) is 25.1 Å². The number of rotatable bonds is 4. The molecule has 0 unspecified atom stereocenters. The van der Waals surface area contributed by atoms with Crippen LogP contribution in [-0.4, -0.2) is 42.4 Å². The van der Waals surface area contributed by atoms with Crippen LogP contribution in [0.25, 0.3) is 6.08 Å². The Morgan fingerprint density at radius 3 is 2.63 bits per heavy atom. The highest BCUT2D eigenvalue weighted by molar-refractivity contribution is 8.18. The number of amidine groups is 1. The zero-order chi connectivity index (χ0) is 21.3. The van der Waals surface area contributed by atoms with Crippen molar-refractivity contribution in [3.8, 4) is 11.5 Å². The second kappa shape index (κ2) is 8.23.